The number of hydrogen-bond acceptors (Lipinski definition) is 5. The van der Waals surface area contributed by atoms with Gasteiger partial charge in [-0.1, -0.05) is 101 Å². The van der Waals surface area contributed by atoms with Gasteiger partial charge in [0.05, 0.1) is 16.4 Å². The van der Waals surface area contributed by atoms with Crippen molar-refractivity contribution in [3.8, 4) is 0 Å². The van der Waals surface area contributed by atoms with Gasteiger partial charge in [0, 0.05) is 34.4 Å². The number of hydrogen-bond donors (Lipinski definition) is 2. The van der Waals surface area contributed by atoms with Gasteiger partial charge in [-0.2, -0.15) is 0 Å². The maximum Gasteiger partial charge on any atom is 0.257 e. The molecule has 0 aliphatic carbocycles. The summed E-state index contributed by atoms with van der Waals surface area (Å²) in [5.41, 5.74) is 4.26. The molecule has 1 atom stereocenters. The molecule has 1 aliphatic heterocycles. The largest absolute Gasteiger partial charge is 0.387 e. The number of oxime groups is 1. The van der Waals surface area contributed by atoms with E-state index in [2.05, 4.69) is 15.8 Å². The Hall–Kier alpha value is -4.17. The van der Waals surface area contributed by atoms with Crippen LogP contribution in [0.5, 0.6) is 0 Å². The summed E-state index contributed by atoms with van der Waals surface area (Å²) in [5, 5.41) is 10.2. The lowest BCUT2D eigenvalue weighted by Gasteiger charge is -2.13. The van der Waals surface area contributed by atoms with E-state index in [1.807, 2.05) is 12.1 Å². The van der Waals surface area contributed by atoms with E-state index in [9.17, 15) is 14.4 Å². The number of carbonyl (C=O) groups excluding carboxylic acids is 3. The van der Waals surface area contributed by atoms with Gasteiger partial charge in [-0.15, -0.1) is 0 Å². The summed E-state index contributed by atoms with van der Waals surface area (Å²) in [5.74, 6) is -1.04. The Morgan fingerprint density at radius 1 is 0.805 bits per heavy atom. The molecule has 0 bridgehead atoms. The first kappa shape index (κ1) is 28.4. The van der Waals surface area contributed by atoms with Crippen LogP contribution in [-0.2, 0) is 9.63 Å². The van der Waals surface area contributed by atoms with Crippen LogP contribution in [0.1, 0.15) is 49.9 Å². The minimum absolute atomic E-state index is 0.126. The fourth-order valence-electron chi connectivity index (χ4n) is 4.36. The van der Waals surface area contributed by atoms with Gasteiger partial charge in [-0.3, -0.25) is 14.4 Å². The second-order valence-electron chi connectivity index (χ2n) is 9.14. The molecule has 7 nitrogen and oxygen atoms in total. The van der Waals surface area contributed by atoms with Crippen molar-refractivity contribution in [2.45, 2.75) is 17.4 Å². The van der Waals surface area contributed by atoms with Crippen molar-refractivity contribution in [3.63, 3.8) is 0 Å². The normalized spacial score (nSPS) is 14.2. The molecule has 1 heterocycles. The van der Waals surface area contributed by atoms with Crippen LogP contribution < -0.4 is 10.6 Å². The number of ketones is 1. The maximum absolute atomic E-state index is 13.1. The molecular formula is C31H22Cl3N3O4. The zero-order valence-electron chi connectivity index (χ0n) is 21.3. The van der Waals surface area contributed by atoms with Gasteiger partial charge in [0.2, 0.25) is 0 Å². The lowest BCUT2D eigenvalue weighted by atomic mass is 9.98. The Morgan fingerprint density at radius 2 is 1.49 bits per heavy atom. The Morgan fingerprint density at radius 3 is 2.22 bits per heavy atom. The van der Waals surface area contributed by atoms with Crippen LogP contribution in [0.25, 0.3) is 0 Å². The highest BCUT2D eigenvalue weighted by Crippen LogP contribution is 2.35. The molecule has 10 heteroatoms. The first-order valence-electron chi connectivity index (χ1n) is 12.5. The van der Waals surface area contributed by atoms with Crippen molar-refractivity contribution in [3.05, 3.63) is 130 Å². The number of halogens is 3. The lowest BCUT2D eigenvalue weighted by molar-refractivity contribution is -0.114. The van der Waals surface area contributed by atoms with Crippen LogP contribution in [-0.4, -0.2) is 28.1 Å². The average molecular weight is 607 g/mol. The monoisotopic (exact) mass is 605 g/mol. The van der Waals surface area contributed by atoms with Gasteiger partial charge in [0.25, 0.3) is 11.8 Å². The second kappa shape index (κ2) is 12.6. The fraction of sp³-hybridized carbons (Fsp3) is 0.0968. The molecule has 0 aromatic heterocycles. The molecule has 0 saturated carbocycles. The molecule has 0 fully saturated rings. The molecule has 1 aliphatic rings. The first-order chi connectivity index (χ1) is 19.8. The third-order valence-electron chi connectivity index (χ3n) is 6.39. The summed E-state index contributed by atoms with van der Waals surface area (Å²) in [6.45, 7) is 0. The molecule has 4 aromatic carbocycles. The van der Waals surface area contributed by atoms with E-state index in [1.54, 1.807) is 84.9 Å². The zero-order valence-corrected chi connectivity index (χ0v) is 23.6. The minimum atomic E-state index is -1.19. The zero-order chi connectivity index (χ0) is 28.9. The van der Waals surface area contributed by atoms with Crippen molar-refractivity contribution in [1.29, 1.82) is 0 Å². The second-order valence-corrected chi connectivity index (χ2v) is 10.6. The van der Waals surface area contributed by atoms with Gasteiger partial charge in [0.1, 0.15) is 0 Å². The maximum atomic E-state index is 13.1. The summed E-state index contributed by atoms with van der Waals surface area (Å²) in [6, 6.07) is 27.6. The van der Waals surface area contributed by atoms with E-state index in [4.69, 9.17) is 39.6 Å². The van der Waals surface area contributed by atoms with Crippen LogP contribution in [0.4, 0.5) is 11.4 Å². The predicted molar refractivity (Wildman–Crippen MR) is 161 cm³/mol. The van der Waals surface area contributed by atoms with E-state index in [0.29, 0.717) is 50.8 Å². The Kier molecular flexibility index (Phi) is 8.69. The van der Waals surface area contributed by atoms with Crippen molar-refractivity contribution in [2.75, 3.05) is 10.6 Å². The van der Waals surface area contributed by atoms with Gasteiger partial charge in [0.15, 0.2) is 16.7 Å². The Balaban J connectivity index is 1.30. The summed E-state index contributed by atoms with van der Waals surface area (Å²) in [6.07, 6.45) is -0.0762. The van der Waals surface area contributed by atoms with Crippen molar-refractivity contribution in [2.24, 2.45) is 5.16 Å². The van der Waals surface area contributed by atoms with Crippen LogP contribution in [0.15, 0.2) is 102 Å². The standard InChI is InChI=1S/C31H22Cl3N3O4/c32-23-10-5-11-24(36-30(39)20-14-12-19(13-15-20)28(38)18-6-2-1-3-7-18)27(23)25-17-26(41-37-25)21-8-4-9-22(16-21)35-31(40)29(33)34/h1-16,26,29H,17H2,(H,35,40)(H,36,39). The van der Waals surface area contributed by atoms with Crippen molar-refractivity contribution >= 4 is 69.5 Å². The highest BCUT2D eigenvalue weighted by molar-refractivity contribution is 6.54. The van der Waals surface area contributed by atoms with Crippen LogP contribution in [0.3, 0.4) is 0 Å². The van der Waals surface area contributed by atoms with Gasteiger partial charge < -0.3 is 15.5 Å². The number of carbonyl (C=O) groups is 3. The third-order valence-corrected chi connectivity index (χ3v) is 7.10. The Bertz CT molecular complexity index is 1640. The van der Waals surface area contributed by atoms with E-state index < -0.39 is 16.8 Å². The highest BCUT2D eigenvalue weighted by atomic mass is 35.5. The van der Waals surface area contributed by atoms with E-state index in [-0.39, 0.29) is 11.7 Å². The van der Waals surface area contributed by atoms with Crippen LogP contribution >= 0.6 is 34.8 Å². The summed E-state index contributed by atoms with van der Waals surface area (Å²) < 4.78 is 0. The summed E-state index contributed by atoms with van der Waals surface area (Å²) >= 11 is 17.8. The third kappa shape index (κ3) is 6.60. The summed E-state index contributed by atoms with van der Waals surface area (Å²) in [4.78, 5) is 42.2. The molecule has 41 heavy (non-hydrogen) atoms. The number of nitrogens with zero attached hydrogens (tertiary/aromatic N) is 1. The Labute approximate surface area is 251 Å². The molecular weight excluding hydrogens is 585 g/mol. The van der Waals surface area contributed by atoms with Crippen LogP contribution in [0, 0.1) is 0 Å². The molecule has 1 unspecified atom stereocenters. The smallest absolute Gasteiger partial charge is 0.257 e. The molecule has 206 valence electrons. The number of benzene rings is 4. The number of alkyl halides is 2. The molecule has 4 aromatic rings. The average Bonchev–Trinajstić information content (AvgIpc) is 3.47. The predicted octanol–water partition coefficient (Wildman–Crippen LogP) is 7.43. The molecule has 0 radical (unpaired) electrons. The van der Waals surface area contributed by atoms with E-state index >= 15 is 0 Å². The number of rotatable bonds is 8. The van der Waals surface area contributed by atoms with Crippen molar-refractivity contribution in [1.82, 2.24) is 0 Å². The quantitative estimate of drug-likeness (QED) is 0.161. The molecule has 5 rings (SSSR count). The van der Waals surface area contributed by atoms with E-state index in [1.165, 1.54) is 0 Å². The topological polar surface area (TPSA) is 96.9 Å². The molecule has 0 spiro atoms. The van der Waals surface area contributed by atoms with E-state index in [0.717, 1.165) is 5.56 Å². The highest BCUT2D eigenvalue weighted by Gasteiger charge is 2.28. The van der Waals surface area contributed by atoms with Gasteiger partial charge >= 0.3 is 0 Å². The molecule has 0 saturated heterocycles. The van der Waals surface area contributed by atoms with Crippen molar-refractivity contribution < 1.29 is 19.2 Å². The van der Waals surface area contributed by atoms with Gasteiger partial charge in [-0.05, 0) is 42.0 Å². The summed E-state index contributed by atoms with van der Waals surface area (Å²) in [7, 11) is 0. The molecule has 2 N–H and O–H groups in total. The first-order valence-corrected chi connectivity index (χ1v) is 13.8. The SMILES string of the molecule is O=C(Nc1cccc(Cl)c1C1=NOC(c2cccc(NC(=O)C(Cl)Cl)c2)C1)c1ccc(C(=O)c2ccccc2)cc1. The lowest BCUT2D eigenvalue weighted by Crippen LogP contribution is -2.18. The fourth-order valence-corrected chi connectivity index (χ4v) is 4.76. The number of anilines is 2. The number of amides is 2. The van der Waals surface area contributed by atoms with Gasteiger partial charge in [-0.25, -0.2) is 0 Å². The molecule has 2 amide bonds. The minimum Gasteiger partial charge on any atom is -0.387 e. The number of nitrogens with one attached hydrogen (secondary N) is 2. The van der Waals surface area contributed by atoms with Crippen LogP contribution in [0.2, 0.25) is 5.02 Å².